The summed E-state index contributed by atoms with van der Waals surface area (Å²) < 4.78 is 15.6. The fourth-order valence-electron chi connectivity index (χ4n) is 1.81. The molecule has 6 heteroatoms. The minimum Gasteiger partial charge on any atom is -0.493 e. The standard InChI is InChI=1S/C15H23NO5/c1-10(8-19-3)16-15(18)9-21-13-6-5-12(11(2)17)7-14(13)20-4/h5-7,10-11,17H,8-9H2,1-4H3,(H,16,18)/t10?,11-/m0/s1. The molecule has 0 spiro atoms. The van der Waals surface area contributed by atoms with Gasteiger partial charge in [0, 0.05) is 13.2 Å². The van der Waals surface area contributed by atoms with Gasteiger partial charge in [0.15, 0.2) is 18.1 Å². The van der Waals surface area contributed by atoms with E-state index in [0.717, 1.165) is 5.56 Å². The molecule has 0 bridgehead atoms. The molecule has 0 saturated heterocycles. The van der Waals surface area contributed by atoms with Crippen molar-refractivity contribution in [2.75, 3.05) is 27.4 Å². The van der Waals surface area contributed by atoms with Crippen LogP contribution in [0.4, 0.5) is 0 Å². The van der Waals surface area contributed by atoms with Gasteiger partial charge in [-0.15, -0.1) is 0 Å². The van der Waals surface area contributed by atoms with Crippen molar-refractivity contribution in [1.82, 2.24) is 5.32 Å². The van der Waals surface area contributed by atoms with Crippen molar-refractivity contribution >= 4 is 5.91 Å². The molecule has 1 unspecified atom stereocenters. The Morgan fingerprint density at radius 2 is 2.00 bits per heavy atom. The molecular weight excluding hydrogens is 274 g/mol. The predicted molar refractivity (Wildman–Crippen MR) is 78.6 cm³/mol. The number of benzene rings is 1. The van der Waals surface area contributed by atoms with Crippen LogP contribution in [0.15, 0.2) is 18.2 Å². The van der Waals surface area contributed by atoms with E-state index in [1.54, 1.807) is 32.2 Å². The van der Waals surface area contributed by atoms with Gasteiger partial charge in [0.25, 0.3) is 5.91 Å². The Labute approximate surface area is 125 Å². The molecule has 1 aromatic carbocycles. The molecule has 0 aromatic heterocycles. The second-order valence-corrected chi connectivity index (χ2v) is 4.80. The molecule has 118 valence electrons. The van der Waals surface area contributed by atoms with Gasteiger partial charge >= 0.3 is 0 Å². The molecule has 1 rings (SSSR count). The summed E-state index contributed by atoms with van der Waals surface area (Å²) in [5.74, 6) is 0.698. The molecule has 0 saturated carbocycles. The Hall–Kier alpha value is -1.79. The summed E-state index contributed by atoms with van der Waals surface area (Å²) in [5.41, 5.74) is 0.720. The second-order valence-electron chi connectivity index (χ2n) is 4.80. The van der Waals surface area contributed by atoms with Crippen molar-refractivity contribution in [2.24, 2.45) is 0 Å². The first-order chi connectivity index (χ1) is 9.97. The van der Waals surface area contributed by atoms with E-state index in [1.165, 1.54) is 7.11 Å². The van der Waals surface area contributed by atoms with Gasteiger partial charge in [0.05, 0.1) is 19.8 Å². The van der Waals surface area contributed by atoms with Crippen LogP contribution in [0, 0.1) is 0 Å². The van der Waals surface area contributed by atoms with Crippen LogP contribution < -0.4 is 14.8 Å². The number of aliphatic hydroxyl groups is 1. The number of nitrogens with one attached hydrogen (secondary N) is 1. The minimum atomic E-state index is -0.592. The van der Waals surface area contributed by atoms with Crippen LogP contribution in [0.1, 0.15) is 25.5 Å². The maximum absolute atomic E-state index is 11.7. The van der Waals surface area contributed by atoms with Crippen LogP contribution in [0.5, 0.6) is 11.5 Å². The zero-order chi connectivity index (χ0) is 15.8. The maximum Gasteiger partial charge on any atom is 0.258 e. The highest BCUT2D eigenvalue weighted by Crippen LogP contribution is 2.30. The average molecular weight is 297 g/mol. The monoisotopic (exact) mass is 297 g/mol. The zero-order valence-electron chi connectivity index (χ0n) is 12.9. The first-order valence-electron chi connectivity index (χ1n) is 6.75. The van der Waals surface area contributed by atoms with Gasteiger partial charge in [-0.1, -0.05) is 6.07 Å². The molecule has 6 nitrogen and oxygen atoms in total. The third-order valence-electron chi connectivity index (χ3n) is 2.85. The molecule has 0 radical (unpaired) electrons. The van der Waals surface area contributed by atoms with E-state index in [2.05, 4.69) is 5.32 Å². The largest absolute Gasteiger partial charge is 0.493 e. The smallest absolute Gasteiger partial charge is 0.258 e. The average Bonchev–Trinajstić information content (AvgIpc) is 2.44. The van der Waals surface area contributed by atoms with Gasteiger partial charge in [-0.05, 0) is 31.5 Å². The number of ether oxygens (including phenoxy) is 3. The van der Waals surface area contributed by atoms with Crippen molar-refractivity contribution in [3.8, 4) is 11.5 Å². The van der Waals surface area contributed by atoms with Crippen LogP contribution in [-0.4, -0.2) is 44.5 Å². The van der Waals surface area contributed by atoms with E-state index in [0.29, 0.717) is 18.1 Å². The van der Waals surface area contributed by atoms with Crippen molar-refractivity contribution < 1.29 is 24.1 Å². The third-order valence-corrected chi connectivity index (χ3v) is 2.85. The molecule has 0 aliphatic heterocycles. The summed E-state index contributed by atoms with van der Waals surface area (Å²) in [4.78, 5) is 11.7. The highest BCUT2D eigenvalue weighted by atomic mass is 16.5. The Bertz CT molecular complexity index is 461. The molecule has 2 N–H and O–H groups in total. The van der Waals surface area contributed by atoms with Crippen molar-refractivity contribution in [3.05, 3.63) is 23.8 Å². The first-order valence-corrected chi connectivity index (χ1v) is 6.75. The number of carbonyl (C=O) groups is 1. The quantitative estimate of drug-likeness (QED) is 0.756. The lowest BCUT2D eigenvalue weighted by Crippen LogP contribution is -2.38. The Morgan fingerprint density at radius 3 is 2.57 bits per heavy atom. The molecule has 0 aliphatic carbocycles. The summed E-state index contributed by atoms with van der Waals surface area (Å²) in [6, 6.07) is 5.01. The number of methoxy groups -OCH3 is 2. The van der Waals surface area contributed by atoms with Crippen LogP contribution in [0.3, 0.4) is 0 Å². The molecule has 2 atom stereocenters. The number of amides is 1. The Kier molecular flexibility index (Phi) is 6.98. The molecular formula is C15H23NO5. The SMILES string of the molecule is COCC(C)NC(=O)COc1ccc([C@H](C)O)cc1OC. The predicted octanol–water partition coefficient (Wildman–Crippen LogP) is 1.28. The minimum absolute atomic E-state index is 0.0781. The van der Waals surface area contributed by atoms with E-state index < -0.39 is 6.10 Å². The lowest BCUT2D eigenvalue weighted by Gasteiger charge is -2.15. The third kappa shape index (κ3) is 5.61. The fraction of sp³-hybridized carbons (Fsp3) is 0.533. The fourth-order valence-corrected chi connectivity index (χ4v) is 1.81. The van der Waals surface area contributed by atoms with Gasteiger partial charge in [-0.3, -0.25) is 4.79 Å². The maximum atomic E-state index is 11.7. The molecule has 0 aliphatic rings. The number of carbonyl (C=O) groups excluding carboxylic acids is 1. The van der Waals surface area contributed by atoms with Gasteiger partial charge in [0.1, 0.15) is 0 Å². The van der Waals surface area contributed by atoms with E-state index in [1.807, 2.05) is 6.92 Å². The topological polar surface area (TPSA) is 77.0 Å². The second kappa shape index (κ2) is 8.49. The van der Waals surface area contributed by atoms with E-state index in [-0.39, 0.29) is 18.6 Å². The molecule has 0 fully saturated rings. The van der Waals surface area contributed by atoms with Gasteiger partial charge in [-0.2, -0.15) is 0 Å². The normalized spacial score (nSPS) is 13.4. The van der Waals surface area contributed by atoms with Crippen molar-refractivity contribution in [3.63, 3.8) is 0 Å². The lowest BCUT2D eigenvalue weighted by atomic mass is 10.1. The van der Waals surface area contributed by atoms with E-state index in [4.69, 9.17) is 14.2 Å². The number of aliphatic hydroxyl groups excluding tert-OH is 1. The van der Waals surface area contributed by atoms with Crippen molar-refractivity contribution in [2.45, 2.75) is 26.0 Å². The number of hydrogen-bond donors (Lipinski definition) is 2. The summed E-state index contributed by atoms with van der Waals surface area (Å²) in [5, 5.41) is 12.3. The van der Waals surface area contributed by atoms with Crippen LogP contribution >= 0.6 is 0 Å². The molecule has 1 amide bonds. The van der Waals surface area contributed by atoms with Crippen LogP contribution in [0.2, 0.25) is 0 Å². The molecule has 0 heterocycles. The molecule has 21 heavy (non-hydrogen) atoms. The highest BCUT2D eigenvalue weighted by Gasteiger charge is 2.12. The highest BCUT2D eigenvalue weighted by molar-refractivity contribution is 5.77. The van der Waals surface area contributed by atoms with E-state index >= 15 is 0 Å². The zero-order valence-corrected chi connectivity index (χ0v) is 12.9. The van der Waals surface area contributed by atoms with Gasteiger partial charge in [-0.25, -0.2) is 0 Å². The molecule has 1 aromatic rings. The summed E-state index contributed by atoms with van der Waals surface area (Å²) in [6.07, 6.45) is -0.592. The summed E-state index contributed by atoms with van der Waals surface area (Å²) >= 11 is 0. The van der Waals surface area contributed by atoms with E-state index in [9.17, 15) is 9.90 Å². The summed E-state index contributed by atoms with van der Waals surface area (Å²) in [7, 11) is 3.09. The van der Waals surface area contributed by atoms with Crippen LogP contribution in [0.25, 0.3) is 0 Å². The Morgan fingerprint density at radius 1 is 1.29 bits per heavy atom. The summed E-state index contributed by atoms with van der Waals surface area (Å²) in [6.45, 7) is 3.84. The first kappa shape index (κ1) is 17.3. The number of rotatable bonds is 8. The Balaban J connectivity index is 2.60. The lowest BCUT2D eigenvalue weighted by molar-refractivity contribution is -0.124. The van der Waals surface area contributed by atoms with Gasteiger partial charge < -0.3 is 24.6 Å². The van der Waals surface area contributed by atoms with Crippen molar-refractivity contribution in [1.29, 1.82) is 0 Å². The number of hydrogen-bond acceptors (Lipinski definition) is 5. The van der Waals surface area contributed by atoms with Crippen LogP contribution in [-0.2, 0) is 9.53 Å². The van der Waals surface area contributed by atoms with Gasteiger partial charge in [0.2, 0.25) is 0 Å².